The number of primary sulfonamides is 1. The SMILES string of the molecule is Cc1cc(S(N)(=O)=O)cc(S(=O)(=O)O)c1CCO. The van der Waals surface area contributed by atoms with Crippen LogP contribution in [0.25, 0.3) is 0 Å². The Kier molecular flexibility index (Phi) is 4.13. The van der Waals surface area contributed by atoms with Gasteiger partial charge in [-0.2, -0.15) is 8.42 Å². The summed E-state index contributed by atoms with van der Waals surface area (Å²) < 4.78 is 53.8. The highest BCUT2D eigenvalue weighted by atomic mass is 32.2. The van der Waals surface area contributed by atoms with Crippen LogP contribution in [-0.4, -0.2) is 33.1 Å². The number of hydrogen-bond acceptors (Lipinski definition) is 5. The zero-order chi connectivity index (χ0) is 14.1. The molecule has 1 rings (SSSR count). The lowest BCUT2D eigenvalue weighted by atomic mass is 10.1. The molecule has 0 unspecified atom stereocenters. The molecule has 7 nitrogen and oxygen atoms in total. The van der Waals surface area contributed by atoms with Gasteiger partial charge in [0.15, 0.2) is 0 Å². The average Bonchev–Trinajstić information content (AvgIpc) is 2.17. The van der Waals surface area contributed by atoms with Crippen molar-refractivity contribution in [3.8, 4) is 0 Å². The van der Waals surface area contributed by atoms with Crippen molar-refractivity contribution >= 4 is 20.1 Å². The number of nitrogens with two attached hydrogens (primary N) is 1. The first-order chi connectivity index (χ1) is 8.07. The second kappa shape index (κ2) is 4.94. The van der Waals surface area contributed by atoms with E-state index in [4.69, 9.17) is 14.8 Å². The molecule has 0 atom stereocenters. The van der Waals surface area contributed by atoms with Gasteiger partial charge in [-0.05, 0) is 36.6 Å². The molecule has 9 heteroatoms. The van der Waals surface area contributed by atoms with Gasteiger partial charge >= 0.3 is 0 Å². The van der Waals surface area contributed by atoms with Crippen LogP contribution in [0.3, 0.4) is 0 Å². The maximum absolute atomic E-state index is 11.2. The minimum Gasteiger partial charge on any atom is -0.396 e. The van der Waals surface area contributed by atoms with Crippen LogP contribution in [0.5, 0.6) is 0 Å². The molecule has 0 aromatic heterocycles. The Morgan fingerprint density at radius 1 is 1.22 bits per heavy atom. The second-order valence-corrected chi connectivity index (χ2v) is 6.66. The lowest BCUT2D eigenvalue weighted by molar-refractivity contribution is 0.298. The number of rotatable bonds is 4. The lowest BCUT2D eigenvalue weighted by Crippen LogP contribution is -2.15. The van der Waals surface area contributed by atoms with E-state index in [9.17, 15) is 16.8 Å². The zero-order valence-corrected chi connectivity index (χ0v) is 11.1. The summed E-state index contributed by atoms with van der Waals surface area (Å²) >= 11 is 0. The molecular formula is C9H13NO6S2. The quantitative estimate of drug-likeness (QED) is 0.636. The van der Waals surface area contributed by atoms with Gasteiger partial charge in [0.25, 0.3) is 10.1 Å². The van der Waals surface area contributed by atoms with E-state index in [2.05, 4.69) is 0 Å². The molecule has 18 heavy (non-hydrogen) atoms. The molecule has 0 aliphatic heterocycles. The molecule has 0 spiro atoms. The van der Waals surface area contributed by atoms with E-state index in [0.29, 0.717) is 5.56 Å². The maximum atomic E-state index is 11.2. The highest BCUT2D eigenvalue weighted by Crippen LogP contribution is 2.24. The van der Waals surface area contributed by atoms with E-state index in [1.807, 2.05) is 0 Å². The third-order valence-electron chi connectivity index (χ3n) is 2.37. The van der Waals surface area contributed by atoms with Crippen LogP contribution in [0.1, 0.15) is 11.1 Å². The highest BCUT2D eigenvalue weighted by Gasteiger charge is 2.21. The molecule has 0 aliphatic carbocycles. The molecule has 1 aromatic carbocycles. The maximum Gasteiger partial charge on any atom is 0.294 e. The Morgan fingerprint density at radius 3 is 2.17 bits per heavy atom. The van der Waals surface area contributed by atoms with Crippen molar-refractivity contribution in [3.63, 3.8) is 0 Å². The van der Waals surface area contributed by atoms with Gasteiger partial charge < -0.3 is 5.11 Å². The smallest absolute Gasteiger partial charge is 0.294 e. The van der Waals surface area contributed by atoms with E-state index in [-0.39, 0.29) is 18.6 Å². The Bertz CT molecular complexity index is 663. The minimum atomic E-state index is -4.59. The highest BCUT2D eigenvalue weighted by molar-refractivity contribution is 7.89. The van der Waals surface area contributed by atoms with Gasteiger partial charge in [0.05, 0.1) is 9.79 Å². The van der Waals surface area contributed by atoms with Gasteiger partial charge in [0.1, 0.15) is 0 Å². The van der Waals surface area contributed by atoms with E-state index >= 15 is 0 Å². The number of benzene rings is 1. The van der Waals surface area contributed by atoms with Crippen molar-refractivity contribution in [2.75, 3.05) is 6.61 Å². The van der Waals surface area contributed by atoms with E-state index < -0.39 is 29.9 Å². The summed E-state index contributed by atoms with van der Waals surface area (Å²) in [6.45, 7) is 1.13. The predicted molar refractivity (Wildman–Crippen MR) is 63.2 cm³/mol. The monoisotopic (exact) mass is 295 g/mol. The molecule has 0 saturated heterocycles. The molecular weight excluding hydrogens is 282 g/mol. The van der Waals surface area contributed by atoms with Crippen LogP contribution in [-0.2, 0) is 26.6 Å². The topological polar surface area (TPSA) is 135 Å². The Hall–Kier alpha value is -1.00. The fraction of sp³-hybridized carbons (Fsp3) is 0.333. The number of aliphatic hydroxyl groups is 1. The summed E-state index contributed by atoms with van der Waals surface area (Å²) in [6, 6.07) is 1.97. The summed E-state index contributed by atoms with van der Waals surface area (Å²) in [5.41, 5.74) is 0.468. The van der Waals surface area contributed by atoms with Crippen LogP contribution in [0.2, 0.25) is 0 Å². The lowest BCUT2D eigenvalue weighted by Gasteiger charge is -2.11. The van der Waals surface area contributed by atoms with Crippen LogP contribution in [0, 0.1) is 6.92 Å². The van der Waals surface area contributed by atoms with Crippen LogP contribution in [0.15, 0.2) is 21.9 Å². The van der Waals surface area contributed by atoms with Gasteiger partial charge in [0.2, 0.25) is 10.0 Å². The molecule has 1 aromatic rings. The largest absolute Gasteiger partial charge is 0.396 e. The van der Waals surface area contributed by atoms with Gasteiger partial charge in [-0.3, -0.25) is 4.55 Å². The number of aryl methyl sites for hydroxylation is 1. The van der Waals surface area contributed by atoms with Crippen molar-refractivity contribution in [1.29, 1.82) is 0 Å². The van der Waals surface area contributed by atoms with E-state index in [0.717, 1.165) is 6.07 Å². The summed E-state index contributed by atoms with van der Waals surface area (Å²) in [7, 11) is -8.67. The molecule has 102 valence electrons. The summed E-state index contributed by atoms with van der Waals surface area (Å²) in [5.74, 6) is 0. The van der Waals surface area contributed by atoms with Gasteiger partial charge in [-0.25, -0.2) is 13.6 Å². The van der Waals surface area contributed by atoms with Crippen LogP contribution >= 0.6 is 0 Å². The van der Waals surface area contributed by atoms with Crippen molar-refractivity contribution in [3.05, 3.63) is 23.3 Å². The molecule has 0 amide bonds. The normalized spacial score (nSPS) is 12.7. The average molecular weight is 295 g/mol. The van der Waals surface area contributed by atoms with Gasteiger partial charge in [0, 0.05) is 6.61 Å². The Morgan fingerprint density at radius 2 is 1.78 bits per heavy atom. The predicted octanol–water partition coefficient (Wildman–Crippen LogP) is -0.576. The Balaban J connectivity index is 3.69. The first-order valence-corrected chi connectivity index (χ1v) is 7.80. The fourth-order valence-corrected chi connectivity index (χ4v) is 3.13. The first kappa shape index (κ1) is 15.1. The van der Waals surface area contributed by atoms with Crippen LogP contribution < -0.4 is 5.14 Å². The third kappa shape index (κ3) is 3.27. The molecule has 4 N–H and O–H groups in total. The number of sulfonamides is 1. The van der Waals surface area contributed by atoms with Gasteiger partial charge in [-0.15, -0.1) is 0 Å². The molecule has 0 radical (unpaired) electrons. The van der Waals surface area contributed by atoms with E-state index in [1.54, 1.807) is 0 Å². The third-order valence-corrected chi connectivity index (χ3v) is 4.19. The van der Waals surface area contributed by atoms with Gasteiger partial charge in [-0.1, -0.05) is 0 Å². The van der Waals surface area contributed by atoms with Crippen molar-refractivity contribution in [2.45, 2.75) is 23.1 Å². The van der Waals surface area contributed by atoms with E-state index in [1.165, 1.54) is 13.0 Å². The number of aliphatic hydroxyl groups excluding tert-OH is 1. The molecule has 0 heterocycles. The van der Waals surface area contributed by atoms with Crippen molar-refractivity contribution in [2.24, 2.45) is 5.14 Å². The van der Waals surface area contributed by atoms with Crippen molar-refractivity contribution < 1.29 is 26.5 Å². The number of hydrogen-bond donors (Lipinski definition) is 3. The standard InChI is InChI=1S/C9H13NO6S2/c1-6-4-7(17(10,12)13)5-9(18(14,15)16)8(6)2-3-11/h4-5,11H,2-3H2,1H3,(H2,10,12,13)(H,14,15,16). The summed E-state index contributed by atoms with van der Waals surface area (Å²) in [4.78, 5) is -0.963. The fourth-order valence-electron chi connectivity index (χ4n) is 1.58. The summed E-state index contributed by atoms with van der Waals surface area (Å²) in [6.07, 6.45) is -0.0220. The molecule has 0 saturated carbocycles. The zero-order valence-electron chi connectivity index (χ0n) is 9.49. The first-order valence-electron chi connectivity index (χ1n) is 4.82. The second-order valence-electron chi connectivity index (χ2n) is 3.71. The summed E-state index contributed by atoms with van der Waals surface area (Å²) in [5, 5.41) is 13.8. The van der Waals surface area contributed by atoms with Crippen LogP contribution in [0.4, 0.5) is 0 Å². The minimum absolute atomic E-state index is 0.0220. The molecule has 0 fully saturated rings. The van der Waals surface area contributed by atoms with Crippen molar-refractivity contribution in [1.82, 2.24) is 0 Å². The Labute approximate surface area is 105 Å². The molecule has 0 bridgehead atoms. The molecule has 0 aliphatic rings.